The number of nitriles is 1. The molecule has 0 aliphatic heterocycles. The maximum atomic E-state index is 11.8. The van der Waals surface area contributed by atoms with Gasteiger partial charge in [-0.3, -0.25) is 4.79 Å². The molecule has 0 bridgehead atoms. The van der Waals surface area contributed by atoms with Crippen molar-refractivity contribution >= 4 is 5.91 Å². The molecule has 0 spiro atoms. The van der Waals surface area contributed by atoms with Crippen molar-refractivity contribution in [3.63, 3.8) is 0 Å². The summed E-state index contributed by atoms with van der Waals surface area (Å²) in [6, 6.07) is 10.4. The minimum atomic E-state index is -0.826. The Morgan fingerprint density at radius 2 is 1.89 bits per heavy atom. The maximum absolute atomic E-state index is 11.8. The van der Waals surface area contributed by atoms with Gasteiger partial charge in [-0.05, 0) is 12.0 Å². The van der Waals surface area contributed by atoms with Crippen LogP contribution in [0.3, 0.4) is 0 Å². The van der Waals surface area contributed by atoms with E-state index in [-0.39, 0.29) is 13.2 Å². The Balaban J connectivity index is 2.61. The largest absolute Gasteiger partial charge is 0.394 e. The van der Waals surface area contributed by atoms with Crippen LogP contribution in [-0.2, 0) is 11.2 Å². The lowest BCUT2D eigenvalue weighted by Crippen LogP contribution is -2.43. The van der Waals surface area contributed by atoms with Crippen LogP contribution >= 0.6 is 0 Å². The van der Waals surface area contributed by atoms with E-state index in [4.69, 9.17) is 15.5 Å². The molecule has 1 rings (SSSR count). The zero-order valence-corrected chi connectivity index (χ0v) is 9.91. The highest BCUT2D eigenvalue weighted by atomic mass is 16.3. The van der Waals surface area contributed by atoms with E-state index in [1.165, 1.54) is 0 Å². The second kappa shape index (κ2) is 7.43. The smallest absolute Gasteiger partial charge is 0.238 e. The molecule has 3 N–H and O–H groups in total. The third-order valence-corrected chi connectivity index (χ3v) is 2.54. The first-order valence-corrected chi connectivity index (χ1v) is 5.67. The molecule has 1 aromatic carbocycles. The number of carbonyl (C=O) groups excluding carboxylic acids is 1. The Morgan fingerprint density at radius 1 is 1.28 bits per heavy atom. The molecule has 0 radical (unpaired) electrons. The first kappa shape index (κ1) is 14.2. The molecule has 96 valence electrons. The molecule has 0 saturated heterocycles. The average molecular weight is 248 g/mol. The fourth-order valence-corrected chi connectivity index (χ4v) is 1.50. The lowest BCUT2D eigenvalue weighted by Gasteiger charge is -2.16. The minimum absolute atomic E-state index is 0.312. The number of nitrogens with zero attached hydrogens (tertiary/aromatic N) is 1. The van der Waals surface area contributed by atoms with E-state index in [2.05, 4.69) is 5.32 Å². The van der Waals surface area contributed by atoms with E-state index in [0.29, 0.717) is 6.42 Å². The third-order valence-electron chi connectivity index (χ3n) is 2.54. The highest BCUT2D eigenvalue weighted by molar-refractivity contribution is 5.81. The van der Waals surface area contributed by atoms with E-state index >= 15 is 0 Å². The topological polar surface area (TPSA) is 93.4 Å². The van der Waals surface area contributed by atoms with Gasteiger partial charge in [0, 0.05) is 0 Å². The highest BCUT2D eigenvalue weighted by Crippen LogP contribution is 2.08. The zero-order valence-electron chi connectivity index (χ0n) is 9.91. The predicted octanol–water partition coefficient (Wildman–Crippen LogP) is -0.162. The molecular weight excluding hydrogens is 232 g/mol. The monoisotopic (exact) mass is 248 g/mol. The van der Waals surface area contributed by atoms with Gasteiger partial charge in [-0.2, -0.15) is 5.26 Å². The van der Waals surface area contributed by atoms with E-state index < -0.39 is 17.9 Å². The highest BCUT2D eigenvalue weighted by Gasteiger charge is 2.20. The summed E-state index contributed by atoms with van der Waals surface area (Å²) in [5.41, 5.74) is 0.892. The normalized spacial score (nSPS) is 11.9. The van der Waals surface area contributed by atoms with Gasteiger partial charge in [0.25, 0.3) is 0 Å². The minimum Gasteiger partial charge on any atom is -0.394 e. The van der Waals surface area contributed by atoms with E-state index in [9.17, 15) is 4.79 Å². The van der Waals surface area contributed by atoms with Crippen molar-refractivity contribution in [2.24, 2.45) is 5.92 Å². The van der Waals surface area contributed by atoms with Crippen molar-refractivity contribution in [3.8, 4) is 6.07 Å². The molecule has 0 heterocycles. The second-order valence-corrected chi connectivity index (χ2v) is 3.94. The maximum Gasteiger partial charge on any atom is 0.238 e. The molecule has 0 aliphatic rings. The second-order valence-electron chi connectivity index (χ2n) is 3.94. The summed E-state index contributed by atoms with van der Waals surface area (Å²) in [5, 5.41) is 29.1. The number of carbonyl (C=O) groups is 1. The summed E-state index contributed by atoms with van der Waals surface area (Å²) in [6.07, 6.45) is 0.312. The summed E-state index contributed by atoms with van der Waals surface area (Å²) in [4.78, 5) is 11.8. The Bertz CT molecular complexity index is 410. The Hall–Kier alpha value is -1.90. The number of aliphatic hydroxyl groups excluding tert-OH is 2. The van der Waals surface area contributed by atoms with Gasteiger partial charge in [0.2, 0.25) is 5.91 Å². The zero-order chi connectivity index (χ0) is 13.4. The summed E-state index contributed by atoms with van der Waals surface area (Å²) in [5.74, 6) is -1.30. The molecule has 1 unspecified atom stereocenters. The van der Waals surface area contributed by atoms with Crippen molar-refractivity contribution in [1.82, 2.24) is 5.32 Å². The molecule has 0 aliphatic carbocycles. The molecule has 0 aromatic heterocycles. The van der Waals surface area contributed by atoms with Crippen LogP contribution in [-0.4, -0.2) is 35.4 Å². The van der Waals surface area contributed by atoms with Crippen LogP contribution in [0.4, 0.5) is 0 Å². The quantitative estimate of drug-likeness (QED) is 0.652. The number of rotatable bonds is 6. The van der Waals surface area contributed by atoms with Gasteiger partial charge in [0.1, 0.15) is 5.92 Å². The SMILES string of the molecule is N#CC(Cc1ccccc1)C(=O)NC(CO)CO. The summed E-state index contributed by atoms with van der Waals surface area (Å²) >= 11 is 0. The Labute approximate surface area is 106 Å². The summed E-state index contributed by atoms with van der Waals surface area (Å²) in [6.45, 7) is -0.711. The fourth-order valence-electron chi connectivity index (χ4n) is 1.50. The number of hydrogen-bond acceptors (Lipinski definition) is 4. The Morgan fingerprint density at radius 3 is 2.39 bits per heavy atom. The van der Waals surface area contributed by atoms with E-state index in [1.54, 1.807) is 0 Å². The average Bonchev–Trinajstić information content (AvgIpc) is 2.43. The van der Waals surface area contributed by atoms with E-state index in [0.717, 1.165) is 5.56 Å². The number of aliphatic hydroxyl groups is 2. The first-order chi connectivity index (χ1) is 8.71. The van der Waals surface area contributed by atoms with Crippen molar-refractivity contribution in [3.05, 3.63) is 35.9 Å². The number of amides is 1. The molecular formula is C13H16N2O3. The predicted molar refractivity (Wildman–Crippen MR) is 65.4 cm³/mol. The third kappa shape index (κ3) is 4.17. The van der Waals surface area contributed by atoms with Crippen molar-refractivity contribution in [1.29, 1.82) is 5.26 Å². The van der Waals surface area contributed by atoms with Crippen molar-refractivity contribution < 1.29 is 15.0 Å². The van der Waals surface area contributed by atoms with Crippen LogP contribution < -0.4 is 5.32 Å². The van der Waals surface area contributed by atoms with Crippen LogP contribution in [0.5, 0.6) is 0 Å². The molecule has 1 aromatic rings. The number of nitrogens with one attached hydrogen (secondary N) is 1. The van der Waals surface area contributed by atoms with Crippen molar-refractivity contribution in [2.75, 3.05) is 13.2 Å². The van der Waals surface area contributed by atoms with Gasteiger partial charge in [-0.25, -0.2) is 0 Å². The first-order valence-electron chi connectivity index (χ1n) is 5.67. The molecule has 1 atom stereocenters. The molecule has 0 fully saturated rings. The molecule has 5 nitrogen and oxygen atoms in total. The van der Waals surface area contributed by atoms with Gasteiger partial charge in [0.15, 0.2) is 0 Å². The van der Waals surface area contributed by atoms with Crippen LogP contribution in [0.15, 0.2) is 30.3 Å². The van der Waals surface area contributed by atoms with Crippen LogP contribution in [0, 0.1) is 17.2 Å². The van der Waals surface area contributed by atoms with E-state index in [1.807, 2.05) is 36.4 Å². The molecule has 18 heavy (non-hydrogen) atoms. The van der Waals surface area contributed by atoms with Crippen LogP contribution in [0.2, 0.25) is 0 Å². The van der Waals surface area contributed by atoms with Gasteiger partial charge >= 0.3 is 0 Å². The van der Waals surface area contributed by atoms with Crippen LogP contribution in [0.1, 0.15) is 5.56 Å². The summed E-state index contributed by atoms with van der Waals surface area (Å²) < 4.78 is 0. The molecule has 1 amide bonds. The van der Waals surface area contributed by atoms with Gasteiger partial charge in [0.05, 0.1) is 25.3 Å². The fraction of sp³-hybridized carbons (Fsp3) is 0.385. The van der Waals surface area contributed by atoms with Crippen LogP contribution in [0.25, 0.3) is 0 Å². The number of hydrogen-bond donors (Lipinski definition) is 3. The van der Waals surface area contributed by atoms with Crippen molar-refractivity contribution in [2.45, 2.75) is 12.5 Å². The number of benzene rings is 1. The lowest BCUT2D eigenvalue weighted by atomic mass is 9.99. The van der Waals surface area contributed by atoms with Gasteiger partial charge in [-0.15, -0.1) is 0 Å². The molecule has 5 heteroatoms. The molecule has 0 saturated carbocycles. The van der Waals surface area contributed by atoms with Gasteiger partial charge < -0.3 is 15.5 Å². The van der Waals surface area contributed by atoms with Gasteiger partial charge in [-0.1, -0.05) is 30.3 Å². The lowest BCUT2D eigenvalue weighted by molar-refractivity contribution is -0.124. The standard InChI is InChI=1S/C13H16N2O3/c14-7-11(6-10-4-2-1-3-5-10)13(18)15-12(8-16)9-17/h1-5,11-12,16-17H,6,8-9H2,(H,15,18). The summed E-state index contributed by atoms with van der Waals surface area (Å²) in [7, 11) is 0. The Kier molecular flexibility index (Phi) is 5.85.